The van der Waals surface area contributed by atoms with Crippen LogP contribution in [0, 0.1) is 6.92 Å². The minimum atomic E-state index is -0.404. The summed E-state index contributed by atoms with van der Waals surface area (Å²) < 4.78 is 10.3. The van der Waals surface area contributed by atoms with E-state index in [2.05, 4.69) is 5.32 Å². The molecule has 7 nitrogen and oxygen atoms in total. The van der Waals surface area contributed by atoms with Crippen LogP contribution in [0.1, 0.15) is 29.3 Å². The lowest BCUT2D eigenvalue weighted by atomic mass is 10.1. The van der Waals surface area contributed by atoms with Crippen molar-refractivity contribution in [3.05, 3.63) is 53.6 Å². The lowest BCUT2D eigenvalue weighted by molar-refractivity contribution is -0.133. The fraction of sp³-hybridized carbons (Fsp3) is 0.286. The van der Waals surface area contributed by atoms with Gasteiger partial charge >= 0.3 is 11.9 Å². The lowest BCUT2D eigenvalue weighted by Crippen LogP contribution is -2.41. The number of hydrogen-bond acceptors (Lipinski definition) is 6. The summed E-state index contributed by atoms with van der Waals surface area (Å²) in [6, 6.07) is 11.9. The number of amides is 1. The van der Waals surface area contributed by atoms with Crippen molar-refractivity contribution < 1.29 is 23.9 Å². The average molecular weight is 382 g/mol. The summed E-state index contributed by atoms with van der Waals surface area (Å²) in [5.74, 6) is -0.620. The van der Waals surface area contributed by atoms with Crippen molar-refractivity contribution in [2.45, 2.75) is 20.3 Å². The molecule has 2 aromatic rings. The second-order valence-corrected chi connectivity index (χ2v) is 6.56. The van der Waals surface area contributed by atoms with Crippen LogP contribution in [0.15, 0.2) is 42.5 Å². The van der Waals surface area contributed by atoms with E-state index in [1.807, 2.05) is 26.0 Å². The highest BCUT2D eigenvalue weighted by atomic mass is 16.5. The molecule has 0 spiro atoms. The Balaban J connectivity index is 1.64. The van der Waals surface area contributed by atoms with E-state index >= 15 is 0 Å². The third-order valence-corrected chi connectivity index (χ3v) is 4.17. The van der Waals surface area contributed by atoms with Gasteiger partial charge in [0.05, 0.1) is 24.4 Å². The summed E-state index contributed by atoms with van der Waals surface area (Å²) in [4.78, 5) is 37.7. The van der Waals surface area contributed by atoms with Crippen LogP contribution in [0.2, 0.25) is 0 Å². The number of carbonyl (C=O) groups excluding carboxylic acids is 3. The molecule has 0 unspecified atom stereocenters. The first-order chi connectivity index (χ1) is 13.5. The average Bonchev–Trinajstić information content (AvgIpc) is 2.67. The summed E-state index contributed by atoms with van der Waals surface area (Å²) in [6.07, 6.45) is 0.757. The van der Waals surface area contributed by atoms with Gasteiger partial charge in [-0.1, -0.05) is 13.0 Å². The molecule has 0 saturated heterocycles. The lowest BCUT2D eigenvalue weighted by Gasteiger charge is -2.29. The number of nitrogens with zero attached hydrogens (tertiary/aromatic N) is 1. The van der Waals surface area contributed by atoms with Gasteiger partial charge < -0.3 is 19.7 Å². The number of nitrogens with one attached hydrogen (secondary N) is 1. The fourth-order valence-electron chi connectivity index (χ4n) is 2.84. The summed E-state index contributed by atoms with van der Waals surface area (Å²) in [6.45, 7) is 4.24. The summed E-state index contributed by atoms with van der Waals surface area (Å²) in [5, 5.41) is 2.77. The molecule has 1 heterocycles. The number of carbonyl (C=O) groups is 3. The number of anilines is 2. The van der Waals surface area contributed by atoms with Gasteiger partial charge in [-0.2, -0.15) is 0 Å². The molecule has 2 aromatic carbocycles. The van der Waals surface area contributed by atoms with Crippen LogP contribution >= 0.6 is 0 Å². The molecule has 0 radical (unpaired) electrons. The second kappa shape index (κ2) is 8.56. The standard InChI is InChI=1S/C21H22N2O5/c1-3-10-27-21(26)15-5-7-16(8-6-15)22-19(24)12-23-13-20(25)28-18-9-4-14(2)11-17(18)23/h4-9,11H,3,10,12-13H2,1-2H3,(H,22,24). The first kappa shape index (κ1) is 19.4. The highest BCUT2D eigenvalue weighted by molar-refractivity contribution is 5.97. The molecule has 1 amide bonds. The quantitative estimate of drug-likeness (QED) is 0.611. The Labute approximate surface area is 163 Å². The molecule has 146 valence electrons. The number of esters is 2. The van der Waals surface area contributed by atoms with Gasteiger partial charge in [0.2, 0.25) is 5.91 Å². The highest BCUT2D eigenvalue weighted by Crippen LogP contribution is 2.32. The first-order valence-electron chi connectivity index (χ1n) is 9.09. The van der Waals surface area contributed by atoms with Crippen LogP contribution in [0.4, 0.5) is 11.4 Å². The van der Waals surface area contributed by atoms with Gasteiger partial charge in [-0.25, -0.2) is 9.59 Å². The van der Waals surface area contributed by atoms with Gasteiger partial charge in [0.25, 0.3) is 0 Å². The number of ether oxygens (including phenoxy) is 2. The van der Waals surface area contributed by atoms with Crippen LogP contribution < -0.4 is 15.0 Å². The van der Waals surface area contributed by atoms with E-state index in [0.29, 0.717) is 29.3 Å². The molecule has 0 aromatic heterocycles. The van der Waals surface area contributed by atoms with Crippen molar-refractivity contribution in [1.29, 1.82) is 0 Å². The monoisotopic (exact) mass is 382 g/mol. The highest BCUT2D eigenvalue weighted by Gasteiger charge is 2.25. The van der Waals surface area contributed by atoms with Crippen molar-refractivity contribution in [1.82, 2.24) is 0 Å². The van der Waals surface area contributed by atoms with Gasteiger partial charge in [0, 0.05) is 5.69 Å². The van der Waals surface area contributed by atoms with E-state index in [-0.39, 0.29) is 19.0 Å². The first-order valence-corrected chi connectivity index (χ1v) is 9.09. The minimum Gasteiger partial charge on any atom is -0.462 e. The Morgan fingerprint density at radius 3 is 2.64 bits per heavy atom. The molecule has 0 saturated carbocycles. The van der Waals surface area contributed by atoms with Gasteiger partial charge in [-0.3, -0.25) is 4.79 Å². The maximum atomic E-state index is 12.4. The number of fused-ring (bicyclic) bond motifs is 1. The predicted octanol–water partition coefficient (Wildman–Crippen LogP) is 2.93. The molecule has 1 aliphatic rings. The van der Waals surface area contributed by atoms with E-state index in [1.54, 1.807) is 35.2 Å². The molecule has 1 aliphatic heterocycles. The van der Waals surface area contributed by atoms with Gasteiger partial charge in [-0.05, 0) is 55.3 Å². The Kier molecular flexibility index (Phi) is 5.93. The van der Waals surface area contributed by atoms with Gasteiger partial charge in [0.15, 0.2) is 5.75 Å². The number of rotatable bonds is 6. The van der Waals surface area contributed by atoms with E-state index in [4.69, 9.17) is 9.47 Å². The smallest absolute Gasteiger partial charge is 0.338 e. The summed E-state index contributed by atoms with van der Waals surface area (Å²) in [5.41, 5.74) is 2.70. The molecule has 0 bridgehead atoms. The normalized spacial score (nSPS) is 12.8. The van der Waals surface area contributed by atoms with Crippen molar-refractivity contribution >= 4 is 29.2 Å². The van der Waals surface area contributed by atoms with Gasteiger partial charge in [0.1, 0.15) is 6.54 Å². The Bertz CT molecular complexity index is 892. The molecule has 1 N–H and O–H groups in total. The van der Waals surface area contributed by atoms with Crippen molar-refractivity contribution in [3.63, 3.8) is 0 Å². The van der Waals surface area contributed by atoms with Crippen LogP contribution in [0.25, 0.3) is 0 Å². The number of hydrogen-bond donors (Lipinski definition) is 1. The molecule has 0 fully saturated rings. The van der Waals surface area contributed by atoms with Crippen molar-refractivity contribution in [3.8, 4) is 5.75 Å². The third kappa shape index (κ3) is 4.68. The zero-order valence-corrected chi connectivity index (χ0v) is 15.9. The van der Waals surface area contributed by atoms with Crippen molar-refractivity contribution in [2.75, 3.05) is 29.9 Å². The SMILES string of the molecule is CCCOC(=O)c1ccc(NC(=O)CN2CC(=O)Oc3ccc(C)cc32)cc1. The maximum Gasteiger partial charge on any atom is 0.338 e. The Morgan fingerprint density at radius 2 is 1.93 bits per heavy atom. The molecule has 7 heteroatoms. The largest absolute Gasteiger partial charge is 0.462 e. The van der Waals surface area contributed by atoms with Crippen molar-refractivity contribution in [2.24, 2.45) is 0 Å². The summed E-state index contributed by atoms with van der Waals surface area (Å²) >= 11 is 0. The molecule has 28 heavy (non-hydrogen) atoms. The molecular formula is C21H22N2O5. The predicted molar refractivity (Wildman–Crippen MR) is 105 cm³/mol. The minimum absolute atomic E-state index is 0.00580. The van der Waals surface area contributed by atoms with Crippen LogP contribution in [0.5, 0.6) is 5.75 Å². The number of aryl methyl sites for hydroxylation is 1. The van der Waals surface area contributed by atoms with E-state index in [1.165, 1.54) is 0 Å². The number of benzene rings is 2. The molecule has 3 rings (SSSR count). The Hall–Kier alpha value is -3.35. The van der Waals surface area contributed by atoms with Crippen LogP contribution in [-0.2, 0) is 14.3 Å². The van der Waals surface area contributed by atoms with Crippen LogP contribution in [-0.4, -0.2) is 37.5 Å². The maximum absolute atomic E-state index is 12.4. The van der Waals surface area contributed by atoms with E-state index in [0.717, 1.165) is 12.0 Å². The Morgan fingerprint density at radius 1 is 1.18 bits per heavy atom. The fourth-order valence-corrected chi connectivity index (χ4v) is 2.84. The molecule has 0 atom stereocenters. The van der Waals surface area contributed by atoms with Crippen LogP contribution in [0.3, 0.4) is 0 Å². The summed E-state index contributed by atoms with van der Waals surface area (Å²) in [7, 11) is 0. The van der Waals surface area contributed by atoms with Gasteiger partial charge in [-0.15, -0.1) is 0 Å². The molecule has 0 aliphatic carbocycles. The van der Waals surface area contributed by atoms with E-state index in [9.17, 15) is 14.4 Å². The third-order valence-electron chi connectivity index (χ3n) is 4.17. The van der Waals surface area contributed by atoms with E-state index < -0.39 is 11.9 Å². The molecular weight excluding hydrogens is 360 g/mol. The zero-order chi connectivity index (χ0) is 20.1. The second-order valence-electron chi connectivity index (χ2n) is 6.56. The zero-order valence-electron chi connectivity index (χ0n) is 15.9. The topological polar surface area (TPSA) is 84.9 Å².